The zero-order valence-electron chi connectivity index (χ0n) is 26.4. The van der Waals surface area contributed by atoms with E-state index in [2.05, 4.69) is 67.0 Å². The average Bonchev–Trinajstić information content (AvgIpc) is 3.14. The zero-order valence-corrected chi connectivity index (χ0v) is 28.0. The molecule has 0 atom stereocenters. The van der Waals surface area contributed by atoms with Crippen LogP contribution < -0.4 is 22.1 Å². The quantitative estimate of drug-likeness (QED) is 0.107. The Kier molecular flexibility index (Phi) is 8.51. The number of nitrogens with zero attached hydrogens (tertiary/aromatic N) is 6. The molecule has 0 fully saturated rings. The van der Waals surface area contributed by atoms with Crippen molar-refractivity contribution >= 4 is 78.3 Å². The van der Waals surface area contributed by atoms with Gasteiger partial charge in [-0.3, -0.25) is 0 Å². The second-order valence-electron chi connectivity index (χ2n) is 11.2. The fourth-order valence-corrected chi connectivity index (χ4v) is 7.70. The Bertz CT molecular complexity index is 2330. The molecule has 2 heterocycles. The standard InChI is InChI=1S/C38H28N10S2/c39-35-43-33(27-19-17-23-9-1-3-11-25(23)21-27)45-37(47-35)41-29-13-5-7-15-31(29)49-50-32-16-8-6-14-30(32)42-38-46-34(44-36(40)48-38)28-20-18-24-10-2-4-12-26(24)22-28/h1-22H,(H3,39,41,43,45,47)(H3,40,42,44,46,48). The number of nitrogen functional groups attached to an aromatic ring is 2. The van der Waals surface area contributed by atoms with E-state index in [0.29, 0.717) is 23.5 Å². The normalized spacial score (nSPS) is 11.1. The van der Waals surface area contributed by atoms with Crippen molar-refractivity contribution in [2.45, 2.75) is 9.79 Å². The molecule has 8 rings (SSSR count). The second-order valence-corrected chi connectivity index (χ2v) is 13.4. The highest BCUT2D eigenvalue weighted by molar-refractivity contribution is 8.76. The molecular formula is C38H28N10S2. The molecule has 0 aliphatic heterocycles. The first-order chi connectivity index (χ1) is 24.5. The molecule has 0 bridgehead atoms. The number of para-hydroxylation sites is 2. The van der Waals surface area contributed by atoms with E-state index >= 15 is 0 Å². The minimum absolute atomic E-state index is 0.132. The number of hydrogen-bond acceptors (Lipinski definition) is 12. The highest BCUT2D eigenvalue weighted by atomic mass is 33.1. The predicted octanol–water partition coefficient (Wildman–Crippen LogP) is 9.15. The lowest BCUT2D eigenvalue weighted by Gasteiger charge is -2.13. The molecule has 0 aliphatic carbocycles. The predicted molar refractivity (Wildman–Crippen MR) is 206 cm³/mol. The summed E-state index contributed by atoms with van der Waals surface area (Å²) < 4.78 is 0. The number of fused-ring (bicyclic) bond motifs is 2. The molecule has 0 saturated carbocycles. The van der Waals surface area contributed by atoms with Gasteiger partial charge in [0.2, 0.25) is 23.8 Å². The van der Waals surface area contributed by atoms with Crippen molar-refractivity contribution < 1.29 is 0 Å². The number of nitrogens with two attached hydrogens (primary N) is 2. The summed E-state index contributed by atoms with van der Waals surface area (Å²) in [5.74, 6) is 1.97. The molecule has 0 unspecified atom stereocenters. The molecule has 12 heteroatoms. The van der Waals surface area contributed by atoms with E-state index in [1.165, 1.54) is 0 Å². The van der Waals surface area contributed by atoms with E-state index in [4.69, 9.17) is 21.4 Å². The molecule has 8 aromatic rings. The van der Waals surface area contributed by atoms with E-state index in [1.807, 2.05) is 97.1 Å². The maximum Gasteiger partial charge on any atom is 0.232 e. The van der Waals surface area contributed by atoms with Gasteiger partial charge in [0.25, 0.3) is 0 Å². The molecule has 242 valence electrons. The average molecular weight is 689 g/mol. The lowest BCUT2D eigenvalue weighted by atomic mass is 10.1. The monoisotopic (exact) mass is 688 g/mol. The number of hydrogen-bond donors (Lipinski definition) is 4. The summed E-state index contributed by atoms with van der Waals surface area (Å²) in [5, 5.41) is 11.2. The van der Waals surface area contributed by atoms with Crippen LogP contribution in [0.1, 0.15) is 0 Å². The molecule has 0 spiro atoms. The Morgan fingerprint density at radius 1 is 0.400 bits per heavy atom. The van der Waals surface area contributed by atoms with Crippen LogP contribution in [0.25, 0.3) is 44.3 Å². The van der Waals surface area contributed by atoms with Gasteiger partial charge in [0.05, 0.1) is 11.4 Å². The molecule has 2 aromatic heterocycles. The SMILES string of the molecule is Nc1nc(Nc2ccccc2SSc2ccccc2Nc2nc(N)nc(-c3ccc4ccccc4c3)n2)nc(-c2ccc3ccccc3c2)n1. The van der Waals surface area contributed by atoms with Crippen molar-refractivity contribution in [1.82, 2.24) is 29.9 Å². The molecule has 0 saturated heterocycles. The van der Waals surface area contributed by atoms with Crippen LogP contribution in [-0.4, -0.2) is 29.9 Å². The Balaban J connectivity index is 1.01. The summed E-state index contributed by atoms with van der Waals surface area (Å²) >= 11 is 0. The van der Waals surface area contributed by atoms with Crippen LogP contribution in [-0.2, 0) is 0 Å². The molecule has 6 aromatic carbocycles. The van der Waals surface area contributed by atoms with Crippen LogP contribution in [0, 0.1) is 0 Å². The van der Waals surface area contributed by atoms with Gasteiger partial charge in [-0.25, -0.2) is 0 Å². The maximum absolute atomic E-state index is 6.15. The van der Waals surface area contributed by atoms with Crippen LogP contribution in [0.2, 0.25) is 0 Å². The lowest BCUT2D eigenvalue weighted by Crippen LogP contribution is -2.05. The Labute approximate surface area is 295 Å². The van der Waals surface area contributed by atoms with Crippen molar-refractivity contribution in [3.8, 4) is 22.8 Å². The van der Waals surface area contributed by atoms with Gasteiger partial charge in [-0.15, -0.1) is 0 Å². The first-order valence-electron chi connectivity index (χ1n) is 15.6. The maximum atomic E-state index is 6.15. The number of benzene rings is 6. The molecule has 6 N–H and O–H groups in total. The van der Waals surface area contributed by atoms with Gasteiger partial charge in [-0.05, 0) is 57.9 Å². The van der Waals surface area contributed by atoms with Crippen LogP contribution in [0.15, 0.2) is 143 Å². The Morgan fingerprint density at radius 2 is 0.800 bits per heavy atom. The van der Waals surface area contributed by atoms with E-state index in [1.54, 1.807) is 21.6 Å². The number of anilines is 6. The molecule has 0 radical (unpaired) electrons. The van der Waals surface area contributed by atoms with Crippen molar-refractivity contribution in [1.29, 1.82) is 0 Å². The molecular weight excluding hydrogens is 661 g/mol. The van der Waals surface area contributed by atoms with E-state index < -0.39 is 0 Å². The Hall–Kier alpha value is -6.24. The summed E-state index contributed by atoms with van der Waals surface area (Å²) in [4.78, 5) is 28.9. The smallest absolute Gasteiger partial charge is 0.232 e. The largest absolute Gasteiger partial charge is 0.368 e. The first-order valence-corrected chi connectivity index (χ1v) is 17.8. The van der Waals surface area contributed by atoms with Crippen molar-refractivity contribution in [3.05, 3.63) is 133 Å². The zero-order chi connectivity index (χ0) is 33.9. The summed E-state index contributed by atoms with van der Waals surface area (Å²) in [6.45, 7) is 0. The van der Waals surface area contributed by atoms with Gasteiger partial charge in [-0.2, -0.15) is 29.9 Å². The first kappa shape index (κ1) is 31.1. The molecule has 10 nitrogen and oxygen atoms in total. The van der Waals surface area contributed by atoms with Crippen LogP contribution in [0.4, 0.5) is 35.2 Å². The Morgan fingerprint density at radius 3 is 1.26 bits per heavy atom. The second kappa shape index (κ2) is 13.7. The fourth-order valence-electron chi connectivity index (χ4n) is 5.43. The van der Waals surface area contributed by atoms with Gasteiger partial charge in [0, 0.05) is 20.9 Å². The number of rotatable bonds is 9. The topological polar surface area (TPSA) is 153 Å². The minimum Gasteiger partial charge on any atom is -0.368 e. The highest BCUT2D eigenvalue weighted by Crippen LogP contribution is 2.44. The molecule has 50 heavy (non-hydrogen) atoms. The van der Waals surface area contributed by atoms with Crippen molar-refractivity contribution in [2.75, 3.05) is 22.1 Å². The number of nitrogens with one attached hydrogen (secondary N) is 2. The fraction of sp³-hybridized carbons (Fsp3) is 0. The van der Waals surface area contributed by atoms with Gasteiger partial charge in [0.15, 0.2) is 11.6 Å². The van der Waals surface area contributed by atoms with Crippen LogP contribution in [0.3, 0.4) is 0 Å². The van der Waals surface area contributed by atoms with Crippen LogP contribution in [0.5, 0.6) is 0 Å². The van der Waals surface area contributed by atoms with Gasteiger partial charge in [-0.1, -0.05) is 119 Å². The third-order valence-electron chi connectivity index (χ3n) is 7.81. The third kappa shape index (κ3) is 6.83. The number of aromatic nitrogens is 6. The summed E-state index contributed by atoms with van der Waals surface area (Å²) in [6.07, 6.45) is 0. The lowest BCUT2D eigenvalue weighted by molar-refractivity contribution is 1.07. The van der Waals surface area contributed by atoms with Crippen LogP contribution >= 0.6 is 21.6 Å². The van der Waals surface area contributed by atoms with Gasteiger partial charge in [0.1, 0.15) is 0 Å². The summed E-state index contributed by atoms with van der Waals surface area (Å²) in [6, 6.07) is 44.4. The van der Waals surface area contributed by atoms with Gasteiger partial charge >= 0.3 is 0 Å². The highest BCUT2D eigenvalue weighted by Gasteiger charge is 2.14. The third-order valence-corrected chi connectivity index (χ3v) is 10.3. The summed E-state index contributed by atoms with van der Waals surface area (Å²) in [7, 11) is 3.18. The molecule has 0 aliphatic rings. The summed E-state index contributed by atoms with van der Waals surface area (Å²) in [5.41, 5.74) is 15.7. The van der Waals surface area contributed by atoms with E-state index in [-0.39, 0.29) is 11.9 Å². The minimum atomic E-state index is 0.132. The van der Waals surface area contributed by atoms with Gasteiger partial charge < -0.3 is 22.1 Å². The van der Waals surface area contributed by atoms with Crippen molar-refractivity contribution in [2.24, 2.45) is 0 Å². The molecule has 0 amide bonds. The van der Waals surface area contributed by atoms with Crippen molar-refractivity contribution in [3.63, 3.8) is 0 Å². The van der Waals surface area contributed by atoms with E-state index in [9.17, 15) is 0 Å². The van der Waals surface area contributed by atoms with E-state index in [0.717, 1.165) is 53.8 Å².